The topological polar surface area (TPSA) is 58.6 Å². The largest absolute Gasteiger partial charge is 0.497 e. The lowest BCUT2D eigenvalue weighted by Gasteiger charge is -2.15. The van der Waals surface area contributed by atoms with E-state index in [9.17, 15) is 9.59 Å². The summed E-state index contributed by atoms with van der Waals surface area (Å²) in [5, 5.41) is 2.82. The van der Waals surface area contributed by atoms with Crippen LogP contribution >= 0.6 is 0 Å². The number of amides is 2. The van der Waals surface area contributed by atoms with E-state index in [-0.39, 0.29) is 11.8 Å². The Morgan fingerprint density at radius 3 is 2.33 bits per heavy atom. The number of nitrogens with one attached hydrogen (secondary N) is 1. The van der Waals surface area contributed by atoms with Crippen molar-refractivity contribution in [3.63, 3.8) is 0 Å². The van der Waals surface area contributed by atoms with Crippen LogP contribution in [0.4, 0.5) is 5.69 Å². The summed E-state index contributed by atoms with van der Waals surface area (Å²) in [6, 6.07) is 14.0. The van der Waals surface area contributed by atoms with Crippen molar-refractivity contribution in [3.05, 3.63) is 59.7 Å². The SMILES string of the molecule is COc1cccc(NC(=O)c2ccc(C(=O)N3CCCC3)cc2)c1. The number of ether oxygens (including phenoxy) is 1. The summed E-state index contributed by atoms with van der Waals surface area (Å²) in [4.78, 5) is 26.5. The number of methoxy groups -OCH3 is 1. The van der Waals surface area contributed by atoms with Gasteiger partial charge in [-0.15, -0.1) is 0 Å². The van der Waals surface area contributed by atoms with Crippen LogP contribution in [0.2, 0.25) is 0 Å². The molecule has 0 radical (unpaired) electrons. The highest BCUT2D eigenvalue weighted by Crippen LogP contribution is 2.18. The quantitative estimate of drug-likeness (QED) is 0.939. The van der Waals surface area contributed by atoms with Gasteiger partial charge in [-0.1, -0.05) is 6.07 Å². The van der Waals surface area contributed by atoms with Gasteiger partial charge in [0.15, 0.2) is 0 Å². The van der Waals surface area contributed by atoms with Gasteiger partial charge in [-0.05, 0) is 49.2 Å². The van der Waals surface area contributed by atoms with Gasteiger partial charge >= 0.3 is 0 Å². The van der Waals surface area contributed by atoms with Gasteiger partial charge in [0.1, 0.15) is 5.75 Å². The molecule has 2 aromatic carbocycles. The first kappa shape index (κ1) is 16.1. The molecule has 0 unspecified atom stereocenters. The van der Waals surface area contributed by atoms with Gasteiger partial charge < -0.3 is 15.0 Å². The molecular formula is C19H20N2O3. The van der Waals surface area contributed by atoms with E-state index in [1.54, 1.807) is 43.5 Å². The van der Waals surface area contributed by atoms with Crippen LogP contribution < -0.4 is 10.1 Å². The molecule has 0 aromatic heterocycles. The number of nitrogens with zero attached hydrogens (tertiary/aromatic N) is 1. The molecule has 2 amide bonds. The fourth-order valence-corrected chi connectivity index (χ4v) is 2.77. The van der Waals surface area contributed by atoms with Crippen molar-refractivity contribution >= 4 is 17.5 Å². The first-order chi connectivity index (χ1) is 11.7. The second kappa shape index (κ2) is 7.17. The molecule has 3 rings (SSSR count). The van der Waals surface area contributed by atoms with Crippen LogP contribution in [0.3, 0.4) is 0 Å². The van der Waals surface area contributed by atoms with Gasteiger partial charge in [0, 0.05) is 36.0 Å². The molecule has 0 saturated carbocycles. The molecule has 1 fully saturated rings. The summed E-state index contributed by atoms with van der Waals surface area (Å²) in [6.45, 7) is 1.63. The zero-order valence-electron chi connectivity index (χ0n) is 13.6. The van der Waals surface area contributed by atoms with Gasteiger partial charge in [-0.3, -0.25) is 9.59 Å². The van der Waals surface area contributed by atoms with E-state index in [1.807, 2.05) is 17.0 Å². The van der Waals surface area contributed by atoms with Crippen LogP contribution in [0.15, 0.2) is 48.5 Å². The zero-order valence-corrected chi connectivity index (χ0v) is 13.6. The van der Waals surface area contributed by atoms with Crippen LogP contribution in [0.1, 0.15) is 33.6 Å². The molecule has 0 aliphatic carbocycles. The molecule has 0 bridgehead atoms. The lowest BCUT2D eigenvalue weighted by molar-refractivity contribution is 0.0792. The number of likely N-dealkylation sites (tertiary alicyclic amines) is 1. The number of benzene rings is 2. The average molecular weight is 324 g/mol. The first-order valence-corrected chi connectivity index (χ1v) is 8.02. The third-order valence-corrected chi connectivity index (χ3v) is 4.11. The van der Waals surface area contributed by atoms with E-state index in [0.29, 0.717) is 22.6 Å². The fourth-order valence-electron chi connectivity index (χ4n) is 2.77. The lowest BCUT2D eigenvalue weighted by Crippen LogP contribution is -2.27. The summed E-state index contributed by atoms with van der Waals surface area (Å²) in [7, 11) is 1.58. The molecule has 5 heteroatoms. The minimum absolute atomic E-state index is 0.0345. The Morgan fingerprint density at radius 1 is 1.00 bits per heavy atom. The van der Waals surface area contributed by atoms with Crippen molar-refractivity contribution in [2.45, 2.75) is 12.8 Å². The lowest BCUT2D eigenvalue weighted by atomic mass is 10.1. The molecule has 2 aromatic rings. The van der Waals surface area contributed by atoms with Gasteiger partial charge in [-0.25, -0.2) is 0 Å². The summed E-state index contributed by atoms with van der Waals surface area (Å²) in [5.74, 6) is 0.495. The van der Waals surface area contributed by atoms with E-state index in [0.717, 1.165) is 25.9 Å². The summed E-state index contributed by atoms with van der Waals surface area (Å²) >= 11 is 0. The summed E-state index contributed by atoms with van der Waals surface area (Å²) in [6.07, 6.45) is 2.12. The maximum absolute atomic E-state index is 12.3. The minimum Gasteiger partial charge on any atom is -0.497 e. The third kappa shape index (κ3) is 3.56. The molecule has 24 heavy (non-hydrogen) atoms. The third-order valence-electron chi connectivity index (χ3n) is 4.11. The van der Waals surface area contributed by atoms with Gasteiger partial charge in [-0.2, -0.15) is 0 Å². The second-order valence-electron chi connectivity index (χ2n) is 5.76. The van der Waals surface area contributed by atoms with E-state index in [2.05, 4.69) is 5.32 Å². The van der Waals surface area contributed by atoms with Crippen molar-refractivity contribution in [2.75, 3.05) is 25.5 Å². The van der Waals surface area contributed by atoms with Gasteiger partial charge in [0.2, 0.25) is 0 Å². The average Bonchev–Trinajstić information content (AvgIpc) is 3.16. The number of anilines is 1. The van der Waals surface area contributed by atoms with E-state index in [4.69, 9.17) is 4.74 Å². The van der Waals surface area contributed by atoms with Crippen molar-refractivity contribution < 1.29 is 14.3 Å². The standard InChI is InChI=1S/C19H20N2O3/c1-24-17-6-4-5-16(13-17)20-18(22)14-7-9-15(10-8-14)19(23)21-11-2-3-12-21/h4-10,13H,2-3,11-12H2,1H3,(H,20,22). The predicted molar refractivity (Wildman–Crippen MR) is 92.5 cm³/mol. The number of rotatable bonds is 4. The highest BCUT2D eigenvalue weighted by molar-refractivity contribution is 6.05. The summed E-state index contributed by atoms with van der Waals surface area (Å²) in [5.41, 5.74) is 1.79. The van der Waals surface area contributed by atoms with Crippen molar-refractivity contribution in [2.24, 2.45) is 0 Å². The Kier molecular flexibility index (Phi) is 4.79. The fraction of sp³-hybridized carbons (Fsp3) is 0.263. The molecule has 1 aliphatic heterocycles. The molecule has 124 valence electrons. The predicted octanol–water partition coefficient (Wildman–Crippen LogP) is 3.18. The normalized spacial score (nSPS) is 13.6. The number of hydrogen-bond donors (Lipinski definition) is 1. The summed E-state index contributed by atoms with van der Waals surface area (Å²) < 4.78 is 5.14. The number of carbonyl (C=O) groups excluding carboxylic acids is 2. The zero-order chi connectivity index (χ0) is 16.9. The van der Waals surface area contributed by atoms with Crippen LogP contribution in [-0.2, 0) is 0 Å². The molecule has 5 nitrogen and oxygen atoms in total. The van der Waals surface area contributed by atoms with E-state index in [1.165, 1.54) is 0 Å². The highest BCUT2D eigenvalue weighted by Gasteiger charge is 2.19. The Morgan fingerprint density at radius 2 is 1.67 bits per heavy atom. The Balaban J connectivity index is 1.68. The maximum atomic E-state index is 12.3. The van der Waals surface area contributed by atoms with E-state index >= 15 is 0 Å². The Hall–Kier alpha value is -2.82. The minimum atomic E-state index is -0.219. The monoisotopic (exact) mass is 324 g/mol. The molecule has 0 spiro atoms. The second-order valence-corrected chi connectivity index (χ2v) is 5.76. The van der Waals surface area contributed by atoms with Crippen LogP contribution in [0.25, 0.3) is 0 Å². The molecule has 1 saturated heterocycles. The molecule has 1 N–H and O–H groups in total. The molecule has 1 heterocycles. The first-order valence-electron chi connectivity index (χ1n) is 8.02. The van der Waals surface area contributed by atoms with Crippen molar-refractivity contribution in [1.29, 1.82) is 0 Å². The van der Waals surface area contributed by atoms with E-state index < -0.39 is 0 Å². The van der Waals surface area contributed by atoms with Gasteiger partial charge in [0.25, 0.3) is 11.8 Å². The van der Waals surface area contributed by atoms with Crippen LogP contribution in [0.5, 0.6) is 5.75 Å². The maximum Gasteiger partial charge on any atom is 0.255 e. The molecule has 1 aliphatic rings. The smallest absolute Gasteiger partial charge is 0.255 e. The molecular weight excluding hydrogens is 304 g/mol. The van der Waals surface area contributed by atoms with Crippen LogP contribution in [0, 0.1) is 0 Å². The number of hydrogen-bond acceptors (Lipinski definition) is 3. The van der Waals surface area contributed by atoms with Crippen molar-refractivity contribution in [3.8, 4) is 5.75 Å². The molecule has 0 atom stereocenters. The highest BCUT2D eigenvalue weighted by atomic mass is 16.5. The van der Waals surface area contributed by atoms with Crippen LogP contribution in [-0.4, -0.2) is 36.9 Å². The van der Waals surface area contributed by atoms with Crippen molar-refractivity contribution in [1.82, 2.24) is 4.90 Å². The van der Waals surface area contributed by atoms with Gasteiger partial charge in [0.05, 0.1) is 7.11 Å². The Bertz CT molecular complexity index is 735. The number of carbonyl (C=O) groups is 2. The Labute approximate surface area is 141 Å².